The Morgan fingerprint density at radius 1 is 0.839 bits per heavy atom. The average molecular weight is 837 g/mol. The maximum atomic E-state index is 14.9. The van der Waals surface area contributed by atoms with Crippen molar-refractivity contribution in [2.75, 3.05) is 42.2 Å². The minimum Gasteiger partial charge on any atom is 0 e. The maximum absolute atomic E-state index is 14.9. The van der Waals surface area contributed by atoms with Crippen molar-refractivity contribution in [2.24, 2.45) is 40.4 Å². The SMILES string of the molecule is COC(=O)c1c(OC)c(C(=O)OC)c(OC)c([C@H](CC(C)C)[C@@]2(C)C(=O)C=C3[C@@H](CO[Si](C)(C)C(C)(C)C)CC[C@@H]4[C@H]([C@@H]32)C4(C)C)c1OC.[C-]#[O+].[C-]#[O+].[C-]#[O+].[Cr]. The van der Waals surface area contributed by atoms with Crippen molar-refractivity contribution in [3.63, 3.8) is 0 Å². The normalized spacial score (nSPS) is 23.4. The monoisotopic (exact) mass is 836 g/mol. The number of rotatable bonds is 12. The van der Waals surface area contributed by atoms with E-state index in [0.29, 0.717) is 24.5 Å². The number of hydrogen-bond donors (Lipinski definition) is 0. The second-order valence-electron chi connectivity index (χ2n) is 17.0. The summed E-state index contributed by atoms with van der Waals surface area (Å²) in [5.41, 5.74) is 0.638. The molecule has 0 amide bonds. The molecule has 4 rings (SSSR count). The molecule has 3 aliphatic rings. The molecule has 0 aliphatic heterocycles. The van der Waals surface area contributed by atoms with Crippen LogP contribution in [0.2, 0.25) is 18.1 Å². The minimum atomic E-state index is -2.05. The van der Waals surface area contributed by atoms with E-state index in [1.165, 1.54) is 41.1 Å². The molecule has 0 unspecified atom stereocenters. The summed E-state index contributed by atoms with van der Waals surface area (Å²) in [6.07, 6.45) is 4.51. The van der Waals surface area contributed by atoms with E-state index in [9.17, 15) is 14.4 Å². The summed E-state index contributed by atoms with van der Waals surface area (Å²) in [6.45, 7) is 36.3. The Balaban J connectivity index is 0.00000412. The number of methoxy groups -OCH3 is 5. The summed E-state index contributed by atoms with van der Waals surface area (Å²) in [5, 5.41) is 0.0637. The van der Waals surface area contributed by atoms with Crippen LogP contribution in [0.1, 0.15) is 107 Å². The summed E-state index contributed by atoms with van der Waals surface area (Å²) in [6, 6.07) is 0. The van der Waals surface area contributed by atoms with E-state index >= 15 is 0 Å². The third-order valence-corrected chi connectivity index (χ3v) is 17.2. The number of ketones is 1. The number of esters is 2. The van der Waals surface area contributed by atoms with Gasteiger partial charge >= 0.3 is 45.8 Å². The first-order valence-electron chi connectivity index (χ1n) is 18.2. The first kappa shape index (κ1) is 52.9. The van der Waals surface area contributed by atoms with Crippen LogP contribution < -0.4 is 14.2 Å². The molecule has 310 valence electrons. The molecule has 2 fully saturated rings. The molecule has 2 saturated carbocycles. The van der Waals surface area contributed by atoms with Crippen molar-refractivity contribution in [1.29, 1.82) is 0 Å². The fraction of sp³-hybridized carbons (Fsp3) is 0.667. The maximum Gasteiger partial charge on any atom is 0 e. The number of benzene rings is 1. The molecule has 0 radical (unpaired) electrons. The van der Waals surface area contributed by atoms with E-state index < -0.39 is 31.6 Å². The molecule has 0 bridgehead atoms. The second-order valence-corrected chi connectivity index (χ2v) is 21.8. The van der Waals surface area contributed by atoms with E-state index in [0.717, 1.165) is 12.8 Å². The molecular formula is C42H60CrO12Si. The molecule has 0 saturated heterocycles. The third-order valence-electron chi connectivity index (χ3n) is 12.6. The van der Waals surface area contributed by atoms with E-state index in [4.69, 9.17) is 42.1 Å². The molecule has 0 spiro atoms. The van der Waals surface area contributed by atoms with Crippen LogP contribution in [-0.4, -0.2) is 68.2 Å². The van der Waals surface area contributed by atoms with Crippen LogP contribution in [0.5, 0.6) is 17.2 Å². The summed E-state index contributed by atoms with van der Waals surface area (Å²) < 4.78 is 57.6. The number of carbonyl (C=O) groups excluding carboxylic acids is 3. The van der Waals surface area contributed by atoms with Gasteiger partial charge in [-0.1, -0.05) is 61.0 Å². The minimum absolute atomic E-state index is 0. The molecular weight excluding hydrogens is 777 g/mol. The van der Waals surface area contributed by atoms with Crippen LogP contribution >= 0.6 is 0 Å². The van der Waals surface area contributed by atoms with Crippen LogP contribution in [0.3, 0.4) is 0 Å². The molecule has 6 atom stereocenters. The predicted molar refractivity (Wildman–Crippen MR) is 204 cm³/mol. The Labute approximate surface area is 345 Å². The Morgan fingerprint density at radius 2 is 1.29 bits per heavy atom. The van der Waals surface area contributed by atoms with Crippen molar-refractivity contribution < 1.29 is 73.8 Å². The van der Waals surface area contributed by atoms with Gasteiger partial charge in [-0.2, -0.15) is 0 Å². The van der Waals surface area contributed by atoms with Gasteiger partial charge in [-0.3, -0.25) is 4.79 Å². The number of carbonyl (C=O) groups is 3. The van der Waals surface area contributed by atoms with Crippen molar-refractivity contribution in [3.05, 3.63) is 48.3 Å². The van der Waals surface area contributed by atoms with Crippen molar-refractivity contribution in [2.45, 2.75) is 98.7 Å². The average Bonchev–Trinajstić information content (AvgIpc) is 3.66. The van der Waals surface area contributed by atoms with Crippen molar-refractivity contribution in [3.8, 4) is 17.2 Å². The molecule has 56 heavy (non-hydrogen) atoms. The number of allylic oxidation sites excluding steroid dienone is 1. The van der Waals surface area contributed by atoms with Gasteiger partial charge in [0.2, 0.25) is 0 Å². The van der Waals surface area contributed by atoms with E-state index in [1.807, 2.05) is 6.08 Å². The largest absolute Gasteiger partial charge is 0 e. The molecule has 14 heteroatoms. The predicted octanol–water partition coefficient (Wildman–Crippen LogP) is 8.14. The van der Waals surface area contributed by atoms with Crippen LogP contribution in [0.4, 0.5) is 0 Å². The molecule has 1 aromatic rings. The number of ether oxygens (including phenoxy) is 5. The van der Waals surface area contributed by atoms with Gasteiger partial charge in [0.25, 0.3) is 0 Å². The Bertz CT molecular complexity index is 1590. The molecule has 12 nitrogen and oxygen atoms in total. The quantitative estimate of drug-likeness (QED) is 0.0874. The zero-order valence-corrected chi connectivity index (χ0v) is 38.0. The summed E-state index contributed by atoms with van der Waals surface area (Å²) in [5.74, 6) is -0.801. The molecule has 0 heterocycles. The third kappa shape index (κ3) is 9.60. The van der Waals surface area contributed by atoms with Gasteiger partial charge < -0.3 is 28.1 Å². The van der Waals surface area contributed by atoms with Crippen LogP contribution in [0, 0.1) is 60.4 Å². The van der Waals surface area contributed by atoms with Gasteiger partial charge in [-0.05, 0) is 72.6 Å². The molecule has 0 aromatic heterocycles. The smallest absolute Gasteiger partial charge is 0 e. The number of hydrogen-bond acceptors (Lipinski definition) is 9. The van der Waals surface area contributed by atoms with Gasteiger partial charge in [0.1, 0.15) is 22.6 Å². The first-order valence-corrected chi connectivity index (χ1v) is 21.1. The Morgan fingerprint density at radius 3 is 1.66 bits per heavy atom. The van der Waals surface area contributed by atoms with Crippen LogP contribution in [-0.2, 0) is 50.0 Å². The van der Waals surface area contributed by atoms with E-state index in [1.54, 1.807) is 0 Å². The Kier molecular flexibility index (Phi) is 19.9. The van der Waals surface area contributed by atoms with Gasteiger partial charge in [0, 0.05) is 46.8 Å². The zero-order valence-electron chi connectivity index (χ0n) is 35.7. The molecule has 3 aliphatic carbocycles. The van der Waals surface area contributed by atoms with E-state index in [2.05, 4.69) is 88.4 Å². The first-order chi connectivity index (χ1) is 25.7. The standard InChI is InChI=1S/C39H60O9Si.3CO.Cr/c1-21(2)18-25(27-32(43-9)28(35(41)46-12)34(45-11)29(33(27)44-10)36(42)47-13)39(8)26(40)19-23-22(20-48-49(14,15)37(3,4)5)16-17-24-31(30(23)39)38(24,6)7;3*1-2;/h19,21-22,24-25,30-31H,16-18,20H2,1-15H3;;;;/t22-,24-,25+,30-,31-,39+;;;;/m1..../s1. The number of fused-ring (bicyclic) bond motifs is 3. The van der Waals surface area contributed by atoms with Crippen molar-refractivity contribution in [1.82, 2.24) is 0 Å². The molecule has 1 aromatic carbocycles. The van der Waals surface area contributed by atoms with Gasteiger partial charge in [0.05, 0.1) is 35.5 Å². The summed E-state index contributed by atoms with van der Waals surface area (Å²) >= 11 is 0. The Hall–Kier alpha value is -3.10. The fourth-order valence-electron chi connectivity index (χ4n) is 8.85. The zero-order chi connectivity index (χ0) is 43.0. The van der Waals surface area contributed by atoms with Gasteiger partial charge in [0.15, 0.2) is 19.9 Å². The topological polar surface area (TPSA) is 166 Å². The fourth-order valence-corrected chi connectivity index (χ4v) is 9.90. The van der Waals surface area contributed by atoms with Gasteiger partial charge in [-0.15, -0.1) is 0 Å². The summed E-state index contributed by atoms with van der Waals surface area (Å²) in [4.78, 5) is 42.0. The second kappa shape index (κ2) is 21.1. The van der Waals surface area contributed by atoms with Gasteiger partial charge in [-0.25, -0.2) is 9.59 Å². The van der Waals surface area contributed by atoms with E-state index in [-0.39, 0.29) is 85.6 Å². The summed E-state index contributed by atoms with van der Waals surface area (Å²) in [7, 11) is 4.78. The molecule has 0 N–H and O–H groups in total. The van der Waals surface area contributed by atoms with Crippen LogP contribution in [0.25, 0.3) is 0 Å². The van der Waals surface area contributed by atoms with Crippen molar-refractivity contribution >= 4 is 26.0 Å². The van der Waals surface area contributed by atoms with Crippen LogP contribution in [0.15, 0.2) is 11.6 Å².